The summed E-state index contributed by atoms with van der Waals surface area (Å²) in [5.74, 6) is -2.24. The summed E-state index contributed by atoms with van der Waals surface area (Å²) in [6.45, 7) is 3.60. The van der Waals surface area contributed by atoms with E-state index in [-0.39, 0.29) is 24.3 Å². The molecule has 1 atom stereocenters. The van der Waals surface area contributed by atoms with Crippen LogP contribution in [0.2, 0.25) is 0 Å². The lowest BCUT2D eigenvalue weighted by Gasteiger charge is -2.13. The number of benzene rings is 3. The summed E-state index contributed by atoms with van der Waals surface area (Å²) >= 11 is 0. The van der Waals surface area contributed by atoms with Crippen LogP contribution >= 0.6 is 0 Å². The normalized spacial score (nSPS) is 12.0. The van der Waals surface area contributed by atoms with Gasteiger partial charge in [-0.25, -0.2) is 8.78 Å². The molecule has 0 fully saturated rings. The molecule has 0 aromatic heterocycles. The fraction of sp³-hybridized carbons (Fsp3) is 0.333. The monoisotopic (exact) mass is 426 g/mol. The van der Waals surface area contributed by atoms with Gasteiger partial charge in [0.1, 0.15) is 12.8 Å². The summed E-state index contributed by atoms with van der Waals surface area (Å²) in [6, 6.07) is 19.1. The van der Waals surface area contributed by atoms with Crippen molar-refractivity contribution in [2.24, 2.45) is 0 Å². The largest absolute Gasteiger partial charge is 0.487 e. The number of rotatable bonds is 10. The van der Waals surface area contributed by atoms with Crippen LogP contribution in [0.4, 0.5) is 13.2 Å². The Morgan fingerprint density at radius 1 is 0.774 bits per heavy atom. The fourth-order valence-corrected chi connectivity index (χ4v) is 3.53. The summed E-state index contributed by atoms with van der Waals surface area (Å²) in [5, 5.41) is 0. The average Bonchev–Trinajstić information content (AvgIpc) is 2.79. The van der Waals surface area contributed by atoms with E-state index in [0.717, 1.165) is 23.1 Å². The highest BCUT2D eigenvalue weighted by atomic mass is 19.2. The molecule has 0 spiro atoms. The van der Waals surface area contributed by atoms with E-state index in [1.807, 2.05) is 24.3 Å². The molecule has 1 nitrogen and oxygen atoms in total. The van der Waals surface area contributed by atoms with Crippen molar-refractivity contribution in [3.05, 3.63) is 89.0 Å². The van der Waals surface area contributed by atoms with Gasteiger partial charge in [0.15, 0.2) is 11.6 Å². The molecule has 0 aliphatic carbocycles. The predicted octanol–water partition coefficient (Wildman–Crippen LogP) is 7.50. The Bertz CT molecular complexity index is 965. The molecule has 31 heavy (non-hydrogen) atoms. The molecule has 0 heterocycles. The molecule has 3 aromatic rings. The number of ether oxygens (including phenoxy) is 1. The molecule has 0 amide bonds. The van der Waals surface area contributed by atoms with Crippen molar-refractivity contribution in [2.45, 2.75) is 52.1 Å². The minimum absolute atomic E-state index is 0.146. The third-order valence-corrected chi connectivity index (χ3v) is 5.44. The van der Waals surface area contributed by atoms with Gasteiger partial charge >= 0.3 is 0 Å². The third kappa shape index (κ3) is 6.13. The first-order chi connectivity index (χ1) is 15.0. The molecule has 0 N–H and O–H groups in total. The first-order valence-corrected chi connectivity index (χ1v) is 10.9. The van der Waals surface area contributed by atoms with Gasteiger partial charge in [0, 0.05) is 6.42 Å². The quantitative estimate of drug-likeness (QED) is 0.326. The van der Waals surface area contributed by atoms with Crippen LogP contribution in [0.1, 0.15) is 43.4 Å². The van der Waals surface area contributed by atoms with Gasteiger partial charge in [-0.05, 0) is 53.1 Å². The second-order valence-corrected chi connectivity index (χ2v) is 7.81. The van der Waals surface area contributed by atoms with Crippen molar-refractivity contribution in [1.82, 2.24) is 0 Å². The van der Waals surface area contributed by atoms with Gasteiger partial charge in [0.25, 0.3) is 0 Å². The van der Waals surface area contributed by atoms with Crippen LogP contribution in [0.3, 0.4) is 0 Å². The van der Waals surface area contributed by atoms with Crippen LogP contribution in [-0.4, -0.2) is 12.8 Å². The van der Waals surface area contributed by atoms with Crippen LogP contribution in [0.5, 0.6) is 5.75 Å². The number of aryl methyl sites for hydroxylation is 2. The maximum Gasteiger partial charge on any atom is 0.200 e. The van der Waals surface area contributed by atoms with E-state index < -0.39 is 17.8 Å². The highest BCUT2D eigenvalue weighted by molar-refractivity contribution is 5.64. The number of hydrogen-bond acceptors (Lipinski definition) is 1. The summed E-state index contributed by atoms with van der Waals surface area (Å²) in [6.07, 6.45) is 2.67. The van der Waals surface area contributed by atoms with Crippen molar-refractivity contribution in [1.29, 1.82) is 0 Å². The number of alkyl halides is 1. The number of hydrogen-bond donors (Lipinski definition) is 0. The van der Waals surface area contributed by atoms with Gasteiger partial charge in [-0.1, -0.05) is 74.9 Å². The van der Waals surface area contributed by atoms with Gasteiger partial charge in [-0.3, -0.25) is 0 Å². The molecule has 3 rings (SSSR count). The van der Waals surface area contributed by atoms with E-state index in [1.165, 1.54) is 30.5 Å². The van der Waals surface area contributed by atoms with Crippen LogP contribution < -0.4 is 4.74 Å². The zero-order valence-corrected chi connectivity index (χ0v) is 18.1. The first kappa shape index (κ1) is 22.9. The van der Waals surface area contributed by atoms with E-state index >= 15 is 0 Å². The van der Waals surface area contributed by atoms with Crippen LogP contribution in [-0.2, 0) is 19.3 Å². The standard InChI is InChI=1S/C27H29F3O/c1-3-5-6-19-7-11-22(12-8-19)23-13-9-20(10-14-23)17-24(28)18-31-25-16-15-21(4-2)26(29)27(25)30/h7-16,24H,3-6,17-18H2,1-2H3. The van der Waals surface area contributed by atoms with Crippen LogP contribution in [0.25, 0.3) is 11.1 Å². The Labute approximate surface area is 182 Å². The van der Waals surface area contributed by atoms with E-state index in [4.69, 9.17) is 4.74 Å². The zero-order chi connectivity index (χ0) is 22.2. The molecular formula is C27H29F3O. The molecule has 4 heteroatoms. The molecule has 0 bridgehead atoms. The van der Waals surface area contributed by atoms with Crippen molar-refractivity contribution in [3.63, 3.8) is 0 Å². The van der Waals surface area contributed by atoms with Gasteiger partial charge in [0.05, 0.1) is 0 Å². The molecule has 0 saturated heterocycles. The molecule has 0 radical (unpaired) electrons. The summed E-state index contributed by atoms with van der Waals surface area (Å²) in [4.78, 5) is 0. The maximum absolute atomic E-state index is 14.4. The SMILES string of the molecule is CCCCc1ccc(-c2ccc(CC(F)COc3ccc(CC)c(F)c3F)cc2)cc1. The first-order valence-electron chi connectivity index (χ1n) is 10.9. The second-order valence-electron chi connectivity index (χ2n) is 7.81. The van der Waals surface area contributed by atoms with Gasteiger partial charge in [-0.15, -0.1) is 0 Å². The van der Waals surface area contributed by atoms with Crippen molar-refractivity contribution >= 4 is 0 Å². The highest BCUT2D eigenvalue weighted by Gasteiger charge is 2.16. The highest BCUT2D eigenvalue weighted by Crippen LogP contribution is 2.24. The molecule has 0 saturated carbocycles. The Morgan fingerprint density at radius 2 is 1.39 bits per heavy atom. The lowest BCUT2D eigenvalue weighted by molar-refractivity contribution is 0.188. The van der Waals surface area contributed by atoms with Crippen LogP contribution in [0, 0.1) is 11.6 Å². The number of unbranched alkanes of at least 4 members (excludes halogenated alkanes) is 1. The molecule has 3 aromatic carbocycles. The Kier molecular flexibility index (Phi) is 8.16. The molecule has 0 aliphatic rings. The van der Waals surface area contributed by atoms with E-state index in [1.54, 1.807) is 6.92 Å². The lowest BCUT2D eigenvalue weighted by atomic mass is 9.99. The molecule has 0 aliphatic heterocycles. The van der Waals surface area contributed by atoms with Crippen molar-refractivity contribution in [2.75, 3.05) is 6.61 Å². The van der Waals surface area contributed by atoms with E-state index in [9.17, 15) is 13.2 Å². The Hall–Kier alpha value is -2.75. The molecular weight excluding hydrogens is 397 g/mol. The number of halogens is 3. The predicted molar refractivity (Wildman–Crippen MR) is 120 cm³/mol. The molecule has 164 valence electrons. The van der Waals surface area contributed by atoms with E-state index in [2.05, 4.69) is 31.2 Å². The molecule has 1 unspecified atom stereocenters. The van der Waals surface area contributed by atoms with Gasteiger partial charge < -0.3 is 4.74 Å². The lowest BCUT2D eigenvalue weighted by Crippen LogP contribution is -2.16. The van der Waals surface area contributed by atoms with E-state index in [0.29, 0.717) is 6.42 Å². The maximum atomic E-state index is 14.4. The summed E-state index contributed by atoms with van der Waals surface area (Å²) in [5.41, 5.74) is 4.64. The average molecular weight is 427 g/mol. The topological polar surface area (TPSA) is 9.23 Å². The van der Waals surface area contributed by atoms with Crippen LogP contribution in [0.15, 0.2) is 60.7 Å². The Balaban J connectivity index is 1.55. The second kappa shape index (κ2) is 11.0. The smallest absolute Gasteiger partial charge is 0.200 e. The van der Waals surface area contributed by atoms with Crippen molar-refractivity contribution < 1.29 is 17.9 Å². The fourth-order valence-electron chi connectivity index (χ4n) is 3.53. The third-order valence-electron chi connectivity index (χ3n) is 5.44. The van der Waals surface area contributed by atoms with Crippen molar-refractivity contribution in [3.8, 4) is 16.9 Å². The minimum Gasteiger partial charge on any atom is -0.487 e. The van der Waals surface area contributed by atoms with Gasteiger partial charge in [0.2, 0.25) is 5.82 Å². The minimum atomic E-state index is -1.32. The summed E-state index contributed by atoms with van der Waals surface area (Å²) < 4.78 is 47.4. The Morgan fingerprint density at radius 3 is 1.97 bits per heavy atom. The van der Waals surface area contributed by atoms with Gasteiger partial charge in [-0.2, -0.15) is 4.39 Å². The zero-order valence-electron chi connectivity index (χ0n) is 18.1. The summed E-state index contributed by atoms with van der Waals surface area (Å²) in [7, 11) is 0.